The first-order valence-electron chi connectivity index (χ1n) is 7.57. The third kappa shape index (κ3) is 2.64. The first kappa shape index (κ1) is 16.9. The normalized spacial score (nSPS) is 13.1. The van der Waals surface area contributed by atoms with Crippen LogP contribution in [0, 0.1) is 11.6 Å². The van der Waals surface area contributed by atoms with Crippen LogP contribution in [0.4, 0.5) is 8.78 Å². The molecule has 0 atom stereocenters. The fourth-order valence-corrected chi connectivity index (χ4v) is 3.33. The summed E-state index contributed by atoms with van der Waals surface area (Å²) in [6.07, 6.45) is 1.59. The molecule has 0 aliphatic carbocycles. The minimum absolute atomic E-state index is 0.0849. The van der Waals surface area contributed by atoms with Gasteiger partial charge in [-0.1, -0.05) is 23.2 Å². The molecule has 0 bridgehead atoms. The van der Waals surface area contributed by atoms with Gasteiger partial charge in [-0.25, -0.2) is 8.78 Å². The molecule has 0 saturated carbocycles. The molecule has 0 saturated heterocycles. The first-order chi connectivity index (χ1) is 12.5. The number of hydrogen-bond donors (Lipinski definition) is 1. The van der Waals surface area contributed by atoms with E-state index in [2.05, 4.69) is 15.2 Å². The van der Waals surface area contributed by atoms with E-state index >= 15 is 0 Å². The Bertz CT molecular complexity index is 1040. The lowest BCUT2D eigenvalue weighted by atomic mass is 10.0. The number of aromatic hydroxyl groups is 1. The molecule has 0 fully saturated rings. The van der Waals surface area contributed by atoms with E-state index in [4.69, 9.17) is 23.2 Å². The van der Waals surface area contributed by atoms with Gasteiger partial charge < -0.3 is 9.67 Å². The maximum Gasteiger partial charge on any atom is 0.175 e. The number of hydrogen-bond acceptors (Lipinski definition) is 4. The molecule has 1 aliphatic heterocycles. The number of rotatable bonds is 2. The predicted octanol–water partition coefficient (Wildman–Crippen LogP) is 4.34. The van der Waals surface area contributed by atoms with Crippen LogP contribution >= 0.6 is 23.2 Å². The molecule has 1 N–H and O–H groups in total. The number of phenolic OH excluding ortho intramolecular Hbond substituents is 1. The smallest absolute Gasteiger partial charge is 0.175 e. The minimum atomic E-state index is -0.948. The number of nitrogens with zero attached hydrogens (tertiary/aromatic N) is 4. The van der Waals surface area contributed by atoms with Gasteiger partial charge in [-0.05, 0) is 24.3 Å². The molecule has 1 aromatic heterocycles. The van der Waals surface area contributed by atoms with E-state index in [-0.39, 0.29) is 21.2 Å². The summed E-state index contributed by atoms with van der Waals surface area (Å²) in [7, 11) is 0. The number of aliphatic imine (C=N–C) groups is 1. The third-order valence-corrected chi connectivity index (χ3v) is 4.65. The SMILES string of the molecule is Oc1ccc(Cl)c(F)c1-c1c(F)cc(-c2nnc3n2CCN=C3)cc1Cl. The number of fused-ring (bicyclic) bond motifs is 1. The van der Waals surface area contributed by atoms with E-state index in [1.54, 1.807) is 10.8 Å². The maximum atomic E-state index is 14.8. The topological polar surface area (TPSA) is 63.3 Å². The van der Waals surface area contributed by atoms with E-state index in [9.17, 15) is 13.9 Å². The van der Waals surface area contributed by atoms with Gasteiger partial charge in [0.2, 0.25) is 0 Å². The molecule has 0 amide bonds. The van der Waals surface area contributed by atoms with Crippen LogP contribution in [0.3, 0.4) is 0 Å². The van der Waals surface area contributed by atoms with Crippen LogP contribution in [-0.4, -0.2) is 32.6 Å². The maximum absolute atomic E-state index is 14.8. The first-order valence-corrected chi connectivity index (χ1v) is 8.32. The largest absolute Gasteiger partial charge is 0.507 e. The van der Waals surface area contributed by atoms with E-state index in [1.807, 2.05) is 0 Å². The van der Waals surface area contributed by atoms with Crippen LogP contribution in [0.1, 0.15) is 5.82 Å². The van der Waals surface area contributed by atoms with Crippen molar-refractivity contribution in [3.05, 3.63) is 51.8 Å². The second-order valence-corrected chi connectivity index (χ2v) is 6.45. The molecule has 26 heavy (non-hydrogen) atoms. The number of halogens is 4. The summed E-state index contributed by atoms with van der Waals surface area (Å²) in [5, 5.41) is 17.7. The van der Waals surface area contributed by atoms with Crippen LogP contribution in [-0.2, 0) is 6.54 Å². The Hall–Kier alpha value is -2.51. The van der Waals surface area contributed by atoms with Gasteiger partial charge in [0.25, 0.3) is 0 Å². The zero-order chi connectivity index (χ0) is 18.4. The minimum Gasteiger partial charge on any atom is -0.507 e. The fourth-order valence-electron chi connectivity index (χ4n) is 2.87. The van der Waals surface area contributed by atoms with Crippen LogP contribution in [0.2, 0.25) is 10.0 Å². The lowest BCUT2D eigenvalue weighted by Gasteiger charge is -2.14. The van der Waals surface area contributed by atoms with Gasteiger partial charge in [-0.2, -0.15) is 0 Å². The highest BCUT2D eigenvalue weighted by atomic mass is 35.5. The second-order valence-electron chi connectivity index (χ2n) is 5.64. The zero-order valence-corrected chi connectivity index (χ0v) is 14.6. The highest BCUT2D eigenvalue weighted by Gasteiger charge is 2.23. The van der Waals surface area contributed by atoms with Crippen LogP contribution < -0.4 is 0 Å². The Kier molecular flexibility index (Phi) is 4.13. The van der Waals surface area contributed by atoms with E-state index in [0.29, 0.717) is 30.3 Å². The van der Waals surface area contributed by atoms with Gasteiger partial charge >= 0.3 is 0 Å². The Morgan fingerprint density at radius 2 is 1.85 bits per heavy atom. The predicted molar refractivity (Wildman–Crippen MR) is 95.0 cm³/mol. The summed E-state index contributed by atoms with van der Waals surface area (Å²) in [6.45, 7) is 1.12. The molecule has 1 aliphatic rings. The summed E-state index contributed by atoms with van der Waals surface area (Å²) < 4.78 is 31.0. The highest BCUT2D eigenvalue weighted by Crippen LogP contribution is 2.42. The molecule has 3 aromatic rings. The van der Waals surface area contributed by atoms with Gasteiger partial charge in [0.15, 0.2) is 17.5 Å². The summed E-state index contributed by atoms with van der Waals surface area (Å²) in [5.41, 5.74) is -0.276. The number of benzene rings is 2. The molecule has 0 spiro atoms. The Morgan fingerprint density at radius 1 is 1.04 bits per heavy atom. The van der Waals surface area contributed by atoms with Crippen molar-refractivity contribution in [3.8, 4) is 28.3 Å². The quantitative estimate of drug-likeness (QED) is 0.703. The second kappa shape index (κ2) is 6.34. The molecular weight excluding hydrogens is 385 g/mol. The van der Waals surface area contributed by atoms with E-state index in [1.165, 1.54) is 24.3 Å². The van der Waals surface area contributed by atoms with Crippen molar-refractivity contribution in [3.63, 3.8) is 0 Å². The Labute approximate surface area is 156 Å². The molecule has 132 valence electrons. The van der Waals surface area contributed by atoms with Crippen molar-refractivity contribution < 1.29 is 13.9 Å². The monoisotopic (exact) mass is 394 g/mol. The van der Waals surface area contributed by atoms with Gasteiger partial charge in [0.1, 0.15) is 11.6 Å². The van der Waals surface area contributed by atoms with Crippen LogP contribution in [0.5, 0.6) is 5.75 Å². The van der Waals surface area contributed by atoms with Crippen molar-refractivity contribution >= 4 is 29.4 Å². The average Bonchev–Trinajstić information content (AvgIpc) is 3.04. The Balaban J connectivity index is 1.89. The summed E-state index contributed by atoms with van der Waals surface area (Å²) >= 11 is 12.0. The van der Waals surface area contributed by atoms with E-state index in [0.717, 1.165) is 0 Å². The standard InChI is InChI=1S/C17H10Cl2F2N4O/c18-9-1-2-12(26)15(16(9)21)14-10(19)5-8(6-11(14)20)17-24-23-13-7-22-3-4-25(13)17/h1-2,5-7,26H,3-4H2. The number of aromatic nitrogens is 3. The molecule has 0 unspecified atom stereocenters. The summed E-state index contributed by atoms with van der Waals surface area (Å²) in [5.74, 6) is -1.24. The summed E-state index contributed by atoms with van der Waals surface area (Å²) in [4.78, 5) is 4.11. The Morgan fingerprint density at radius 3 is 2.62 bits per heavy atom. The lowest BCUT2D eigenvalue weighted by molar-refractivity contribution is 0.471. The molecule has 2 aromatic carbocycles. The third-order valence-electron chi connectivity index (χ3n) is 4.06. The highest BCUT2D eigenvalue weighted by molar-refractivity contribution is 6.34. The van der Waals surface area contributed by atoms with Gasteiger partial charge in [-0.3, -0.25) is 4.99 Å². The zero-order valence-electron chi connectivity index (χ0n) is 13.0. The van der Waals surface area contributed by atoms with Crippen molar-refractivity contribution in [1.82, 2.24) is 14.8 Å². The van der Waals surface area contributed by atoms with Crippen molar-refractivity contribution in [2.45, 2.75) is 6.54 Å². The van der Waals surface area contributed by atoms with Crippen molar-refractivity contribution in [1.29, 1.82) is 0 Å². The van der Waals surface area contributed by atoms with E-state index < -0.39 is 17.4 Å². The lowest BCUT2D eigenvalue weighted by Crippen LogP contribution is -2.12. The fraction of sp³-hybridized carbons (Fsp3) is 0.118. The molecule has 9 heteroatoms. The van der Waals surface area contributed by atoms with Gasteiger partial charge in [-0.15, -0.1) is 10.2 Å². The van der Waals surface area contributed by atoms with Crippen molar-refractivity contribution in [2.24, 2.45) is 4.99 Å². The van der Waals surface area contributed by atoms with Gasteiger partial charge in [0, 0.05) is 17.7 Å². The molecule has 2 heterocycles. The number of phenols is 1. The van der Waals surface area contributed by atoms with Crippen LogP contribution in [0.15, 0.2) is 29.3 Å². The molecular formula is C17H10Cl2F2N4O. The molecule has 0 radical (unpaired) electrons. The summed E-state index contributed by atoms with van der Waals surface area (Å²) in [6, 6.07) is 4.98. The molecule has 4 rings (SSSR count). The molecule has 5 nitrogen and oxygen atoms in total. The van der Waals surface area contributed by atoms with Crippen LogP contribution in [0.25, 0.3) is 22.5 Å². The van der Waals surface area contributed by atoms with Gasteiger partial charge in [0.05, 0.1) is 28.4 Å². The van der Waals surface area contributed by atoms with Crippen molar-refractivity contribution in [2.75, 3.05) is 6.54 Å². The average molecular weight is 395 g/mol.